The molecular formula is C23H32N2O2. The summed E-state index contributed by atoms with van der Waals surface area (Å²) in [6.07, 6.45) is 0.438. The van der Waals surface area contributed by atoms with Crippen LogP contribution in [0.3, 0.4) is 0 Å². The van der Waals surface area contributed by atoms with Crippen molar-refractivity contribution in [1.82, 2.24) is 10.2 Å². The van der Waals surface area contributed by atoms with E-state index in [-0.39, 0.29) is 11.8 Å². The molecule has 0 atom stereocenters. The first-order valence-electron chi connectivity index (χ1n) is 9.91. The lowest BCUT2D eigenvalue weighted by molar-refractivity contribution is -0.121. The van der Waals surface area contributed by atoms with E-state index in [4.69, 9.17) is 4.74 Å². The Hall–Kier alpha value is -2.17. The monoisotopic (exact) mass is 368 g/mol. The maximum atomic E-state index is 12.5. The number of nitrogens with zero attached hydrogens (tertiary/aromatic N) is 1. The standard InChI is InChI=1S/C23H32N2O2/c1-3-25(4-2)16-18-27-17-15-24-23(26)19-22(20-11-7-5-8-12-20)21-13-9-6-10-14-21/h5-14,22H,3-4,15-19H2,1-2H3,(H,24,26). The summed E-state index contributed by atoms with van der Waals surface area (Å²) in [5.41, 5.74) is 2.32. The van der Waals surface area contributed by atoms with Crippen molar-refractivity contribution in [1.29, 1.82) is 0 Å². The maximum absolute atomic E-state index is 12.5. The van der Waals surface area contributed by atoms with Crippen LogP contribution in [-0.2, 0) is 9.53 Å². The van der Waals surface area contributed by atoms with Crippen LogP contribution in [0.4, 0.5) is 0 Å². The van der Waals surface area contributed by atoms with Gasteiger partial charge in [-0.1, -0.05) is 74.5 Å². The summed E-state index contributed by atoms with van der Waals surface area (Å²) < 4.78 is 5.64. The molecule has 27 heavy (non-hydrogen) atoms. The Balaban J connectivity index is 1.79. The Bertz CT molecular complexity index is 602. The molecule has 0 aliphatic rings. The molecule has 2 aromatic rings. The average molecular weight is 369 g/mol. The normalized spacial score (nSPS) is 11.1. The molecule has 0 saturated heterocycles. The van der Waals surface area contributed by atoms with E-state index < -0.39 is 0 Å². The number of rotatable bonds is 12. The predicted octanol–water partition coefficient (Wildman–Crippen LogP) is 3.68. The zero-order chi connectivity index (χ0) is 19.3. The highest BCUT2D eigenvalue weighted by Crippen LogP contribution is 2.27. The summed E-state index contributed by atoms with van der Waals surface area (Å²) in [7, 11) is 0. The molecule has 0 heterocycles. The number of likely N-dealkylation sites (N-methyl/N-ethyl adjacent to an activating group) is 1. The Labute approximate surface area is 163 Å². The number of hydrogen-bond acceptors (Lipinski definition) is 3. The molecule has 4 heteroatoms. The second kappa shape index (κ2) is 12.3. The Morgan fingerprint density at radius 2 is 1.48 bits per heavy atom. The van der Waals surface area contributed by atoms with Gasteiger partial charge in [-0.25, -0.2) is 0 Å². The molecule has 0 aromatic heterocycles. The minimum absolute atomic E-state index is 0.0556. The number of amides is 1. The van der Waals surface area contributed by atoms with Gasteiger partial charge in [-0.3, -0.25) is 4.79 Å². The number of hydrogen-bond donors (Lipinski definition) is 1. The second-order valence-electron chi connectivity index (χ2n) is 6.57. The van der Waals surface area contributed by atoms with Gasteiger partial charge in [0.05, 0.1) is 13.2 Å². The summed E-state index contributed by atoms with van der Waals surface area (Å²) in [5, 5.41) is 2.99. The fraction of sp³-hybridized carbons (Fsp3) is 0.435. The third-order valence-corrected chi connectivity index (χ3v) is 4.81. The molecule has 0 saturated carbocycles. The van der Waals surface area contributed by atoms with Gasteiger partial charge in [0, 0.05) is 25.4 Å². The molecule has 1 amide bonds. The van der Waals surface area contributed by atoms with E-state index in [2.05, 4.69) is 48.3 Å². The zero-order valence-corrected chi connectivity index (χ0v) is 16.6. The van der Waals surface area contributed by atoms with E-state index in [0.29, 0.717) is 26.2 Å². The minimum Gasteiger partial charge on any atom is -0.378 e. The summed E-state index contributed by atoms with van der Waals surface area (Å²) in [5.74, 6) is 0.121. The van der Waals surface area contributed by atoms with Gasteiger partial charge in [0.1, 0.15) is 0 Å². The van der Waals surface area contributed by atoms with Crippen LogP contribution in [0.25, 0.3) is 0 Å². The average Bonchev–Trinajstić information content (AvgIpc) is 2.73. The second-order valence-corrected chi connectivity index (χ2v) is 6.57. The van der Waals surface area contributed by atoms with E-state index in [1.165, 1.54) is 0 Å². The quantitative estimate of drug-likeness (QED) is 0.581. The SMILES string of the molecule is CCN(CC)CCOCCNC(=O)CC(c1ccccc1)c1ccccc1. The van der Waals surface area contributed by atoms with Crippen LogP contribution in [0.1, 0.15) is 37.3 Å². The third-order valence-electron chi connectivity index (χ3n) is 4.81. The van der Waals surface area contributed by atoms with E-state index in [1.54, 1.807) is 0 Å². The van der Waals surface area contributed by atoms with Crippen molar-refractivity contribution in [3.63, 3.8) is 0 Å². The van der Waals surface area contributed by atoms with Gasteiger partial charge in [0.2, 0.25) is 5.91 Å². The maximum Gasteiger partial charge on any atom is 0.221 e. The minimum atomic E-state index is 0.0556. The zero-order valence-electron chi connectivity index (χ0n) is 16.6. The summed E-state index contributed by atoms with van der Waals surface area (Å²) in [6, 6.07) is 20.4. The largest absolute Gasteiger partial charge is 0.378 e. The van der Waals surface area contributed by atoms with Crippen LogP contribution >= 0.6 is 0 Å². The van der Waals surface area contributed by atoms with E-state index in [0.717, 1.165) is 30.8 Å². The number of benzene rings is 2. The molecule has 2 aromatic carbocycles. The molecule has 0 bridgehead atoms. The van der Waals surface area contributed by atoms with Gasteiger partial charge >= 0.3 is 0 Å². The molecule has 0 unspecified atom stereocenters. The molecule has 146 valence electrons. The summed E-state index contributed by atoms with van der Waals surface area (Å²) in [4.78, 5) is 14.8. The number of carbonyl (C=O) groups is 1. The van der Waals surface area contributed by atoms with Crippen molar-refractivity contribution in [3.05, 3.63) is 71.8 Å². The Morgan fingerprint density at radius 3 is 2.00 bits per heavy atom. The van der Waals surface area contributed by atoms with Gasteiger partial charge < -0.3 is 15.0 Å². The predicted molar refractivity (Wildman–Crippen MR) is 111 cm³/mol. The van der Waals surface area contributed by atoms with Crippen LogP contribution in [0, 0.1) is 0 Å². The molecule has 0 fully saturated rings. The lowest BCUT2D eigenvalue weighted by atomic mass is 9.88. The number of ether oxygens (including phenoxy) is 1. The lowest BCUT2D eigenvalue weighted by Gasteiger charge is -2.18. The molecule has 0 aliphatic heterocycles. The fourth-order valence-corrected chi connectivity index (χ4v) is 3.15. The topological polar surface area (TPSA) is 41.6 Å². The van der Waals surface area contributed by atoms with E-state index >= 15 is 0 Å². The molecule has 0 aliphatic carbocycles. The first-order chi connectivity index (χ1) is 13.2. The fourth-order valence-electron chi connectivity index (χ4n) is 3.15. The van der Waals surface area contributed by atoms with Crippen molar-refractivity contribution in [2.45, 2.75) is 26.2 Å². The number of carbonyl (C=O) groups excluding carboxylic acids is 1. The van der Waals surface area contributed by atoms with Crippen molar-refractivity contribution < 1.29 is 9.53 Å². The third kappa shape index (κ3) is 7.53. The van der Waals surface area contributed by atoms with Crippen molar-refractivity contribution >= 4 is 5.91 Å². The lowest BCUT2D eigenvalue weighted by Crippen LogP contribution is -2.30. The summed E-state index contributed by atoms with van der Waals surface area (Å²) in [6.45, 7) is 9.12. The Morgan fingerprint density at radius 1 is 0.926 bits per heavy atom. The van der Waals surface area contributed by atoms with Crippen LogP contribution in [-0.4, -0.2) is 50.2 Å². The molecule has 0 radical (unpaired) electrons. The molecule has 0 spiro atoms. The van der Waals surface area contributed by atoms with E-state index in [1.807, 2.05) is 36.4 Å². The Kier molecular flexibility index (Phi) is 9.60. The van der Waals surface area contributed by atoms with Gasteiger partial charge in [-0.15, -0.1) is 0 Å². The van der Waals surface area contributed by atoms with E-state index in [9.17, 15) is 4.79 Å². The van der Waals surface area contributed by atoms with Crippen molar-refractivity contribution in [2.24, 2.45) is 0 Å². The summed E-state index contributed by atoms with van der Waals surface area (Å²) >= 11 is 0. The first kappa shape index (κ1) is 21.1. The molecule has 1 N–H and O–H groups in total. The van der Waals surface area contributed by atoms with Crippen LogP contribution in [0.2, 0.25) is 0 Å². The highest BCUT2D eigenvalue weighted by atomic mass is 16.5. The highest BCUT2D eigenvalue weighted by molar-refractivity contribution is 5.77. The van der Waals surface area contributed by atoms with Crippen LogP contribution < -0.4 is 5.32 Å². The van der Waals surface area contributed by atoms with Crippen LogP contribution in [0.15, 0.2) is 60.7 Å². The van der Waals surface area contributed by atoms with Gasteiger partial charge in [0.25, 0.3) is 0 Å². The van der Waals surface area contributed by atoms with Gasteiger partial charge in [-0.2, -0.15) is 0 Å². The first-order valence-corrected chi connectivity index (χ1v) is 9.91. The van der Waals surface area contributed by atoms with Gasteiger partial charge in [0.15, 0.2) is 0 Å². The van der Waals surface area contributed by atoms with Crippen molar-refractivity contribution in [3.8, 4) is 0 Å². The molecule has 2 rings (SSSR count). The molecule has 4 nitrogen and oxygen atoms in total. The highest BCUT2D eigenvalue weighted by Gasteiger charge is 2.17. The number of nitrogens with one attached hydrogen (secondary N) is 1. The smallest absolute Gasteiger partial charge is 0.221 e. The van der Waals surface area contributed by atoms with Crippen LogP contribution in [0.5, 0.6) is 0 Å². The van der Waals surface area contributed by atoms with Crippen molar-refractivity contribution in [2.75, 3.05) is 39.4 Å². The van der Waals surface area contributed by atoms with Gasteiger partial charge in [-0.05, 0) is 24.2 Å². The molecular weight excluding hydrogens is 336 g/mol.